The zero-order chi connectivity index (χ0) is 10.2. The Kier molecular flexibility index (Phi) is 2.71. The van der Waals surface area contributed by atoms with Crippen molar-refractivity contribution in [3.63, 3.8) is 0 Å². The Morgan fingerprint density at radius 3 is 2.79 bits per heavy atom. The van der Waals surface area contributed by atoms with E-state index >= 15 is 0 Å². The molecule has 1 aliphatic carbocycles. The predicted molar refractivity (Wildman–Crippen MR) is 60.2 cm³/mol. The lowest BCUT2D eigenvalue weighted by Crippen LogP contribution is -2.24. The van der Waals surface area contributed by atoms with Crippen molar-refractivity contribution in [3.8, 4) is 0 Å². The molecule has 14 heavy (non-hydrogen) atoms. The third-order valence-corrected chi connectivity index (χ3v) is 3.39. The van der Waals surface area contributed by atoms with Gasteiger partial charge in [0.05, 0.1) is 6.04 Å². The van der Waals surface area contributed by atoms with Gasteiger partial charge >= 0.3 is 0 Å². The summed E-state index contributed by atoms with van der Waals surface area (Å²) in [5, 5.41) is 3.50. The minimum atomic E-state index is 0.304. The highest BCUT2D eigenvalue weighted by molar-refractivity contribution is 9.10. The highest BCUT2D eigenvalue weighted by atomic mass is 79.9. The number of hydrogen-bond donors (Lipinski definition) is 1. The van der Waals surface area contributed by atoms with E-state index in [0.717, 1.165) is 17.0 Å². The average molecular weight is 258 g/mol. The van der Waals surface area contributed by atoms with Crippen molar-refractivity contribution in [1.29, 1.82) is 0 Å². The normalized spacial score (nSPS) is 20.8. The van der Waals surface area contributed by atoms with Gasteiger partial charge in [-0.1, -0.05) is 6.92 Å². The van der Waals surface area contributed by atoms with Gasteiger partial charge in [-0.15, -0.1) is 0 Å². The molecule has 78 valence electrons. The highest BCUT2D eigenvalue weighted by Gasteiger charge is 2.37. The summed E-state index contributed by atoms with van der Waals surface area (Å²) in [6, 6.07) is 4.25. The SMILES string of the molecule is CC(NCC1(C)CC1)c1ccc(Br)o1. The fraction of sp³-hybridized carbons (Fsp3) is 0.636. The molecule has 0 radical (unpaired) electrons. The summed E-state index contributed by atoms with van der Waals surface area (Å²) in [5.41, 5.74) is 0.554. The molecular weight excluding hydrogens is 242 g/mol. The van der Waals surface area contributed by atoms with Crippen LogP contribution in [0.15, 0.2) is 21.2 Å². The van der Waals surface area contributed by atoms with Crippen molar-refractivity contribution >= 4 is 15.9 Å². The Morgan fingerprint density at radius 2 is 2.29 bits per heavy atom. The first-order valence-corrected chi connectivity index (χ1v) is 5.87. The fourth-order valence-electron chi connectivity index (χ4n) is 1.45. The number of furan rings is 1. The molecular formula is C11H16BrNO. The standard InChI is InChI=1S/C11H16BrNO/c1-8(9-3-4-10(12)14-9)13-7-11(2)5-6-11/h3-4,8,13H,5-7H2,1-2H3. The van der Waals surface area contributed by atoms with Gasteiger partial charge in [0.2, 0.25) is 0 Å². The molecule has 1 saturated carbocycles. The second-order valence-corrected chi connectivity index (χ2v) is 5.34. The van der Waals surface area contributed by atoms with Crippen LogP contribution in [-0.4, -0.2) is 6.54 Å². The van der Waals surface area contributed by atoms with Crippen LogP contribution in [0.4, 0.5) is 0 Å². The third-order valence-electron chi connectivity index (χ3n) is 2.96. The minimum absolute atomic E-state index is 0.304. The second kappa shape index (κ2) is 3.70. The van der Waals surface area contributed by atoms with Gasteiger partial charge in [-0.3, -0.25) is 0 Å². The second-order valence-electron chi connectivity index (χ2n) is 4.56. The Balaban J connectivity index is 1.86. The molecule has 2 rings (SSSR count). The Morgan fingerprint density at radius 1 is 1.57 bits per heavy atom. The molecule has 0 bridgehead atoms. The van der Waals surface area contributed by atoms with Crippen molar-refractivity contribution < 1.29 is 4.42 Å². The van der Waals surface area contributed by atoms with Crippen LogP contribution in [0.5, 0.6) is 0 Å². The minimum Gasteiger partial charge on any atom is -0.453 e. The van der Waals surface area contributed by atoms with Crippen LogP contribution in [0.25, 0.3) is 0 Å². The van der Waals surface area contributed by atoms with E-state index in [2.05, 4.69) is 35.1 Å². The number of halogens is 1. The molecule has 0 saturated heterocycles. The van der Waals surface area contributed by atoms with Gasteiger partial charge in [-0.2, -0.15) is 0 Å². The molecule has 1 fully saturated rings. The molecule has 2 nitrogen and oxygen atoms in total. The highest BCUT2D eigenvalue weighted by Crippen LogP contribution is 2.44. The van der Waals surface area contributed by atoms with Crippen molar-refractivity contribution in [3.05, 3.63) is 22.6 Å². The Labute approximate surface area is 93.2 Å². The van der Waals surface area contributed by atoms with Gasteiger partial charge in [-0.25, -0.2) is 0 Å². The monoisotopic (exact) mass is 257 g/mol. The van der Waals surface area contributed by atoms with E-state index in [1.165, 1.54) is 12.8 Å². The van der Waals surface area contributed by atoms with E-state index in [4.69, 9.17) is 4.42 Å². The summed E-state index contributed by atoms with van der Waals surface area (Å²) in [4.78, 5) is 0. The Hall–Kier alpha value is -0.280. The van der Waals surface area contributed by atoms with Crippen LogP contribution < -0.4 is 5.32 Å². The maximum atomic E-state index is 5.49. The van der Waals surface area contributed by atoms with E-state index < -0.39 is 0 Å². The zero-order valence-corrected chi connectivity index (χ0v) is 10.2. The van der Waals surface area contributed by atoms with Gasteiger partial charge in [0.25, 0.3) is 0 Å². The van der Waals surface area contributed by atoms with E-state index in [9.17, 15) is 0 Å². The molecule has 1 heterocycles. The fourth-order valence-corrected chi connectivity index (χ4v) is 1.77. The summed E-state index contributed by atoms with van der Waals surface area (Å²) in [5.74, 6) is 1.00. The lowest BCUT2D eigenvalue weighted by atomic mass is 10.1. The van der Waals surface area contributed by atoms with Crippen LogP contribution in [-0.2, 0) is 0 Å². The zero-order valence-electron chi connectivity index (χ0n) is 8.64. The first-order chi connectivity index (χ1) is 6.59. The summed E-state index contributed by atoms with van der Waals surface area (Å²) in [7, 11) is 0. The van der Waals surface area contributed by atoms with Gasteiger partial charge in [0.1, 0.15) is 5.76 Å². The number of nitrogens with one attached hydrogen (secondary N) is 1. The third kappa shape index (κ3) is 2.39. The van der Waals surface area contributed by atoms with Gasteiger partial charge in [0.15, 0.2) is 4.67 Å². The number of rotatable bonds is 4. The van der Waals surface area contributed by atoms with Crippen molar-refractivity contribution in [2.24, 2.45) is 5.41 Å². The summed E-state index contributed by atoms with van der Waals surface area (Å²) in [6.07, 6.45) is 2.71. The molecule has 1 aromatic heterocycles. The molecule has 1 aliphatic rings. The van der Waals surface area contributed by atoms with Crippen molar-refractivity contribution in [2.45, 2.75) is 32.7 Å². The summed E-state index contributed by atoms with van der Waals surface area (Å²) < 4.78 is 6.29. The lowest BCUT2D eigenvalue weighted by molar-refractivity contribution is 0.389. The van der Waals surface area contributed by atoms with Crippen molar-refractivity contribution in [2.75, 3.05) is 6.54 Å². The quantitative estimate of drug-likeness (QED) is 0.894. The van der Waals surface area contributed by atoms with Gasteiger partial charge in [0, 0.05) is 6.54 Å². The average Bonchev–Trinajstić information content (AvgIpc) is 2.71. The smallest absolute Gasteiger partial charge is 0.169 e. The molecule has 1 aromatic rings. The topological polar surface area (TPSA) is 25.2 Å². The molecule has 1 atom stereocenters. The lowest BCUT2D eigenvalue weighted by Gasteiger charge is -2.14. The largest absolute Gasteiger partial charge is 0.453 e. The van der Waals surface area contributed by atoms with Crippen molar-refractivity contribution in [1.82, 2.24) is 5.32 Å². The van der Waals surface area contributed by atoms with E-state index in [-0.39, 0.29) is 0 Å². The molecule has 0 aliphatic heterocycles. The maximum absolute atomic E-state index is 5.49. The molecule has 1 unspecified atom stereocenters. The molecule has 0 aromatic carbocycles. The van der Waals surface area contributed by atoms with Gasteiger partial charge < -0.3 is 9.73 Å². The van der Waals surface area contributed by atoms with Gasteiger partial charge in [-0.05, 0) is 53.2 Å². The predicted octanol–water partition coefficient (Wildman–Crippen LogP) is 3.49. The molecule has 0 amide bonds. The molecule has 1 N–H and O–H groups in total. The van der Waals surface area contributed by atoms with Crippen LogP contribution in [0.2, 0.25) is 0 Å². The first kappa shape index (κ1) is 10.2. The first-order valence-electron chi connectivity index (χ1n) is 5.08. The molecule has 0 spiro atoms. The van der Waals surface area contributed by atoms with E-state index in [1.54, 1.807) is 0 Å². The maximum Gasteiger partial charge on any atom is 0.169 e. The van der Waals surface area contributed by atoms with Crippen LogP contribution >= 0.6 is 15.9 Å². The van der Waals surface area contributed by atoms with E-state index in [1.807, 2.05) is 12.1 Å². The van der Waals surface area contributed by atoms with Crippen LogP contribution in [0, 0.1) is 5.41 Å². The van der Waals surface area contributed by atoms with Crippen LogP contribution in [0.1, 0.15) is 38.5 Å². The van der Waals surface area contributed by atoms with Crippen LogP contribution in [0.3, 0.4) is 0 Å². The summed E-state index contributed by atoms with van der Waals surface area (Å²) in [6.45, 7) is 5.55. The number of hydrogen-bond acceptors (Lipinski definition) is 2. The molecule has 3 heteroatoms. The van der Waals surface area contributed by atoms with E-state index in [0.29, 0.717) is 11.5 Å². The Bertz CT molecular complexity index is 317. The summed E-state index contributed by atoms with van der Waals surface area (Å²) >= 11 is 3.31.